The van der Waals surface area contributed by atoms with Crippen molar-refractivity contribution in [2.24, 2.45) is 4.99 Å². The van der Waals surface area contributed by atoms with Gasteiger partial charge < -0.3 is 29.6 Å². The first-order chi connectivity index (χ1) is 15.5. The van der Waals surface area contributed by atoms with Crippen molar-refractivity contribution in [1.82, 2.24) is 10.6 Å². The minimum atomic E-state index is -0.431. The number of hydrogen-bond donors (Lipinski definition) is 2. The smallest absolute Gasteiger partial charge is 0.341 e. The van der Waals surface area contributed by atoms with Gasteiger partial charge in [-0.25, -0.2) is 4.79 Å². The predicted molar refractivity (Wildman–Crippen MR) is 138 cm³/mol. The minimum absolute atomic E-state index is 0. The molecule has 0 aromatic heterocycles. The molecule has 33 heavy (non-hydrogen) atoms. The fourth-order valence-corrected chi connectivity index (χ4v) is 3.41. The maximum absolute atomic E-state index is 11.8. The lowest BCUT2D eigenvalue weighted by Crippen LogP contribution is -2.36. The Balaban J connectivity index is 0.00000385. The van der Waals surface area contributed by atoms with Crippen LogP contribution in [0.5, 0.6) is 11.5 Å². The number of guanidine groups is 1. The third-order valence-corrected chi connectivity index (χ3v) is 5.21. The second kappa shape index (κ2) is 13.2. The monoisotopic (exact) mass is 569 g/mol. The lowest BCUT2D eigenvalue weighted by Gasteiger charge is -2.18. The van der Waals surface area contributed by atoms with Gasteiger partial charge in [0, 0.05) is 32.1 Å². The largest absolute Gasteiger partial charge is 0.496 e. The molecule has 8 nitrogen and oxygen atoms in total. The summed E-state index contributed by atoms with van der Waals surface area (Å²) in [5.74, 6) is 1.55. The molecule has 3 rings (SSSR count). The van der Waals surface area contributed by atoms with Crippen molar-refractivity contribution in [3.8, 4) is 11.5 Å². The summed E-state index contributed by atoms with van der Waals surface area (Å²) in [4.78, 5) is 16.1. The van der Waals surface area contributed by atoms with Crippen LogP contribution in [0.25, 0.3) is 0 Å². The summed E-state index contributed by atoms with van der Waals surface area (Å²) in [6.07, 6.45) is 0.998. The quantitative estimate of drug-likeness (QED) is 0.218. The molecule has 2 aromatic carbocycles. The van der Waals surface area contributed by atoms with Gasteiger partial charge in [-0.3, -0.25) is 4.99 Å². The van der Waals surface area contributed by atoms with Gasteiger partial charge in [0.25, 0.3) is 0 Å². The molecule has 1 aliphatic rings. The van der Waals surface area contributed by atoms with Crippen LogP contribution in [0.2, 0.25) is 0 Å². The first kappa shape index (κ1) is 26.7. The number of methoxy groups -OCH3 is 2. The average molecular weight is 569 g/mol. The average Bonchev–Trinajstić information content (AvgIpc) is 3.32. The molecule has 1 aliphatic heterocycles. The molecule has 0 aliphatic carbocycles. The number of nitrogens with zero attached hydrogens (tertiary/aromatic N) is 1. The Labute approximate surface area is 212 Å². The van der Waals surface area contributed by atoms with Gasteiger partial charge in [0.05, 0.1) is 27.4 Å². The molecule has 0 bridgehead atoms. The van der Waals surface area contributed by atoms with E-state index >= 15 is 0 Å². The summed E-state index contributed by atoms with van der Waals surface area (Å²) in [6.45, 7) is 4.49. The van der Waals surface area contributed by atoms with Crippen LogP contribution in [-0.4, -0.2) is 52.5 Å². The lowest BCUT2D eigenvalue weighted by atomic mass is 10.1. The Morgan fingerprint density at radius 2 is 1.91 bits per heavy atom. The lowest BCUT2D eigenvalue weighted by molar-refractivity contribution is 0.0597. The number of ether oxygens (including phenoxy) is 4. The number of carbonyl (C=O) groups excluding carboxylic acids is 1. The number of halogens is 1. The molecule has 0 amide bonds. The van der Waals surface area contributed by atoms with E-state index in [1.807, 2.05) is 12.1 Å². The van der Waals surface area contributed by atoms with E-state index in [0.717, 1.165) is 35.5 Å². The van der Waals surface area contributed by atoms with Gasteiger partial charge in [-0.2, -0.15) is 0 Å². The van der Waals surface area contributed by atoms with Crippen molar-refractivity contribution in [3.05, 3.63) is 58.7 Å². The molecule has 180 valence electrons. The molecule has 2 aromatic rings. The van der Waals surface area contributed by atoms with E-state index in [2.05, 4.69) is 40.7 Å². The van der Waals surface area contributed by atoms with Gasteiger partial charge in [0.2, 0.25) is 0 Å². The zero-order chi connectivity index (χ0) is 22.9. The van der Waals surface area contributed by atoms with Gasteiger partial charge in [-0.05, 0) is 36.2 Å². The van der Waals surface area contributed by atoms with Crippen LogP contribution in [0.15, 0.2) is 41.4 Å². The maximum atomic E-state index is 11.8. The summed E-state index contributed by atoms with van der Waals surface area (Å²) >= 11 is 0. The Kier molecular flexibility index (Phi) is 10.7. The van der Waals surface area contributed by atoms with Crippen molar-refractivity contribution >= 4 is 35.9 Å². The molecule has 0 radical (unpaired) electrons. The van der Waals surface area contributed by atoms with Crippen molar-refractivity contribution in [1.29, 1.82) is 0 Å². The highest BCUT2D eigenvalue weighted by Gasteiger charge is 2.19. The van der Waals surface area contributed by atoms with E-state index in [1.165, 1.54) is 14.2 Å². The van der Waals surface area contributed by atoms with Gasteiger partial charge in [0.15, 0.2) is 5.96 Å². The van der Waals surface area contributed by atoms with E-state index < -0.39 is 5.97 Å². The van der Waals surface area contributed by atoms with Gasteiger partial charge in [-0.15, -0.1) is 24.0 Å². The van der Waals surface area contributed by atoms with Crippen LogP contribution < -0.4 is 20.1 Å². The Morgan fingerprint density at radius 3 is 2.58 bits per heavy atom. The zero-order valence-corrected chi connectivity index (χ0v) is 21.8. The molecular weight excluding hydrogens is 537 g/mol. The molecule has 1 heterocycles. The number of benzene rings is 2. The first-order valence-corrected chi connectivity index (χ1v) is 10.6. The van der Waals surface area contributed by atoms with E-state index in [9.17, 15) is 4.79 Å². The van der Waals surface area contributed by atoms with Crippen molar-refractivity contribution in [3.63, 3.8) is 0 Å². The van der Waals surface area contributed by atoms with Crippen molar-refractivity contribution < 1.29 is 23.7 Å². The third-order valence-electron chi connectivity index (χ3n) is 5.21. The molecular formula is C24H32IN3O5. The van der Waals surface area contributed by atoms with Crippen molar-refractivity contribution in [2.45, 2.75) is 32.5 Å². The molecule has 1 fully saturated rings. The normalized spacial score (nSPS) is 15.4. The molecule has 1 atom stereocenters. The van der Waals surface area contributed by atoms with E-state index in [4.69, 9.17) is 18.9 Å². The summed E-state index contributed by atoms with van der Waals surface area (Å²) in [5.41, 5.74) is 3.53. The highest BCUT2D eigenvalue weighted by Crippen LogP contribution is 2.24. The standard InChI is InChI=1S/C24H31N3O5.HI/c1-16-5-7-18(21(11-16)32-19-9-10-31-15-19)14-27-24(25-2)26-13-17-6-8-20(23(28)30-4)22(12-17)29-3;/h5-8,11-12,19H,9-10,13-15H2,1-4H3,(H2,25,26,27);1H. The number of rotatable bonds is 8. The molecule has 0 spiro atoms. The van der Waals surface area contributed by atoms with Crippen LogP contribution in [0, 0.1) is 6.92 Å². The fraction of sp³-hybridized carbons (Fsp3) is 0.417. The molecule has 1 unspecified atom stereocenters. The molecule has 9 heteroatoms. The van der Waals surface area contributed by atoms with Crippen LogP contribution >= 0.6 is 24.0 Å². The number of esters is 1. The predicted octanol–water partition coefficient (Wildman–Crippen LogP) is 3.44. The molecule has 0 saturated carbocycles. The van der Waals surface area contributed by atoms with Crippen LogP contribution in [0.4, 0.5) is 0 Å². The number of carbonyl (C=O) groups is 1. The van der Waals surface area contributed by atoms with Crippen LogP contribution in [0.3, 0.4) is 0 Å². The van der Waals surface area contributed by atoms with Gasteiger partial charge in [0.1, 0.15) is 23.2 Å². The maximum Gasteiger partial charge on any atom is 0.341 e. The summed E-state index contributed by atoms with van der Waals surface area (Å²) < 4.78 is 21.7. The Hall–Kier alpha value is -2.53. The number of nitrogens with one attached hydrogen (secondary N) is 2. The van der Waals surface area contributed by atoms with Crippen LogP contribution in [0.1, 0.15) is 33.5 Å². The number of aliphatic imine (C=N–C) groups is 1. The highest BCUT2D eigenvalue weighted by molar-refractivity contribution is 14.0. The topological polar surface area (TPSA) is 90.4 Å². The number of hydrogen-bond acceptors (Lipinski definition) is 6. The summed E-state index contributed by atoms with van der Waals surface area (Å²) in [5, 5.41) is 6.61. The van der Waals surface area contributed by atoms with E-state index in [0.29, 0.717) is 37.0 Å². The highest BCUT2D eigenvalue weighted by atomic mass is 127. The fourth-order valence-electron chi connectivity index (χ4n) is 3.41. The van der Waals surface area contributed by atoms with Crippen molar-refractivity contribution in [2.75, 3.05) is 34.5 Å². The van der Waals surface area contributed by atoms with E-state index in [1.54, 1.807) is 13.1 Å². The second-order valence-electron chi connectivity index (χ2n) is 7.52. The van der Waals surface area contributed by atoms with Gasteiger partial charge in [-0.1, -0.05) is 18.2 Å². The summed E-state index contributed by atoms with van der Waals surface area (Å²) in [6, 6.07) is 11.5. The van der Waals surface area contributed by atoms with E-state index in [-0.39, 0.29) is 30.1 Å². The van der Waals surface area contributed by atoms with Gasteiger partial charge >= 0.3 is 5.97 Å². The first-order valence-electron chi connectivity index (χ1n) is 10.6. The zero-order valence-electron chi connectivity index (χ0n) is 19.5. The second-order valence-corrected chi connectivity index (χ2v) is 7.52. The third kappa shape index (κ3) is 7.50. The minimum Gasteiger partial charge on any atom is -0.496 e. The number of aryl methyl sites for hydroxylation is 1. The SMILES string of the molecule is CN=C(NCc1ccc(C(=O)OC)c(OC)c1)NCc1ccc(C)cc1OC1CCOC1.I. The Bertz CT molecular complexity index is 961. The van der Waals surface area contributed by atoms with Crippen LogP contribution in [-0.2, 0) is 22.6 Å². The molecule has 2 N–H and O–H groups in total. The molecule has 1 saturated heterocycles. The Morgan fingerprint density at radius 1 is 1.12 bits per heavy atom. The summed E-state index contributed by atoms with van der Waals surface area (Å²) in [7, 11) is 4.59.